The Bertz CT molecular complexity index is 657. The van der Waals surface area contributed by atoms with Gasteiger partial charge >= 0.3 is 0 Å². The minimum atomic E-state index is -0.389. The van der Waals surface area contributed by atoms with Gasteiger partial charge in [-0.25, -0.2) is 4.39 Å². The third-order valence-corrected chi connectivity index (χ3v) is 4.69. The van der Waals surface area contributed by atoms with Crippen LogP contribution in [0.5, 0.6) is 0 Å². The molecule has 1 unspecified atom stereocenters. The van der Waals surface area contributed by atoms with E-state index in [1.165, 1.54) is 22.8 Å². The summed E-state index contributed by atoms with van der Waals surface area (Å²) in [7, 11) is 0. The van der Waals surface area contributed by atoms with Gasteiger partial charge in [-0.1, -0.05) is 46.6 Å². The van der Waals surface area contributed by atoms with Gasteiger partial charge in [0.2, 0.25) is 0 Å². The molecular formula is C17H18BrClFN. The summed E-state index contributed by atoms with van der Waals surface area (Å²) in [6.45, 7) is 7.01. The van der Waals surface area contributed by atoms with Crippen molar-refractivity contribution >= 4 is 27.5 Å². The highest BCUT2D eigenvalue weighted by Gasteiger charge is 2.17. The zero-order valence-corrected chi connectivity index (χ0v) is 14.6. The summed E-state index contributed by atoms with van der Waals surface area (Å²) in [4.78, 5) is 0. The van der Waals surface area contributed by atoms with Crippen LogP contribution in [0.3, 0.4) is 0 Å². The molecule has 2 rings (SSSR count). The number of hydrogen-bond acceptors (Lipinski definition) is 1. The summed E-state index contributed by atoms with van der Waals surface area (Å²) < 4.78 is 14.5. The molecule has 4 heteroatoms. The van der Waals surface area contributed by atoms with Crippen molar-refractivity contribution in [2.24, 2.45) is 0 Å². The molecule has 112 valence electrons. The third-order valence-electron chi connectivity index (χ3n) is 3.54. The molecule has 21 heavy (non-hydrogen) atoms. The Morgan fingerprint density at radius 3 is 2.52 bits per heavy atom. The van der Waals surface area contributed by atoms with Crippen LogP contribution in [0.1, 0.15) is 35.2 Å². The van der Waals surface area contributed by atoms with Crippen molar-refractivity contribution in [1.29, 1.82) is 0 Å². The van der Waals surface area contributed by atoms with Crippen molar-refractivity contribution in [3.63, 3.8) is 0 Å². The molecule has 0 amide bonds. The fraction of sp³-hybridized carbons (Fsp3) is 0.294. The molecule has 0 heterocycles. The lowest BCUT2D eigenvalue weighted by molar-refractivity contribution is 0.612. The number of halogens is 3. The van der Waals surface area contributed by atoms with Gasteiger partial charge in [-0.05, 0) is 60.8 Å². The summed E-state index contributed by atoms with van der Waals surface area (Å²) in [5.74, 6) is -0.389. The number of rotatable bonds is 4. The molecule has 0 fully saturated rings. The first-order chi connectivity index (χ1) is 9.93. The smallest absolute Gasteiger partial charge is 0.141 e. The van der Waals surface area contributed by atoms with Crippen molar-refractivity contribution in [1.82, 2.24) is 5.32 Å². The summed E-state index contributed by atoms with van der Waals surface area (Å²) in [5, 5.41) is 3.61. The van der Waals surface area contributed by atoms with Crippen LogP contribution >= 0.6 is 27.5 Å². The van der Waals surface area contributed by atoms with Crippen LogP contribution in [0.25, 0.3) is 0 Å². The zero-order chi connectivity index (χ0) is 15.6. The van der Waals surface area contributed by atoms with Crippen molar-refractivity contribution in [2.75, 3.05) is 6.54 Å². The van der Waals surface area contributed by atoms with E-state index in [4.69, 9.17) is 11.6 Å². The van der Waals surface area contributed by atoms with Gasteiger partial charge in [0.05, 0.1) is 11.1 Å². The minimum Gasteiger partial charge on any atom is -0.307 e. The Hall–Kier alpha value is -0.900. The van der Waals surface area contributed by atoms with Gasteiger partial charge in [0.1, 0.15) is 5.82 Å². The molecule has 1 atom stereocenters. The fourth-order valence-corrected chi connectivity index (χ4v) is 3.06. The Balaban J connectivity index is 2.52. The average Bonchev–Trinajstić information content (AvgIpc) is 2.44. The summed E-state index contributed by atoms with van der Waals surface area (Å²) >= 11 is 9.49. The van der Waals surface area contributed by atoms with Crippen LogP contribution in [0.2, 0.25) is 5.02 Å². The lowest BCUT2D eigenvalue weighted by atomic mass is 9.93. The summed E-state index contributed by atoms with van der Waals surface area (Å²) in [5.41, 5.74) is 4.50. The summed E-state index contributed by atoms with van der Waals surface area (Å²) in [6.07, 6.45) is 0. The van der Waals surface area contributed by atoms with E-state index in [0.29, 0.717) is 0 Å². The molecule has 0 saturated heterocycles. The van der Waals surface area contributed by atoms with E-state index in [2.05, 4.69) is 54.2 Å². The van der Waals surface area contributed by atoms with Crippen molar-refractivity contribution < 1.29 is 4.39 Å². The zero-order valence-electron chi connectivity index (χ0n) is 12.3. The molecule has 0 aliphatic rings. The highest BCUT2D eigenvalue weighted by Crippen LogP contribution is 2.31. The van der Waals surface area contributed by atoms with Crippen LogP contribution in [-0.2, 0) is 0 Å². The number of benzene rings is 2. The molecule has 0 aliphatic carbocycles. The molecular weight excluding hydrogens is 353 g/mol. The first-order valence-electron chi connectivity index (χ1n) is 6.89. The van der Waals surface area contributed by atoms with Crippen LogP contribution in [0.4, 0.5) is 4.39 Å². The maximum Gasteiger partial charge on any atom is 0.141 e. The van der Waals surface area contributed by atoms with Gasteiger partial charge in [0.25, 0.3) is 0 Å². The van der Waals surface area contributed by atoms with Crippen molar-refractivity contribution in [2.45, 2.75) is 26.8 Å². The highest BCUT2D eigenvalue weighted by atomic mass is 79.9. The van der Waals surface area contributed by atoms with Gasteiger partial charge in [-0.2, -0.15) is 0 Å². The predicted molar refractivity (Wildman–Crippen MR) is 90.5 cm³/mol. The SMILES string of the molecule is CCNC(c1ccc(F)c(Cl)c1)c1cc(C)c(Br)cc1C. The molecule has 2 aromatic carbocycles. The van der Waals surface area contributed by atoms with E-state index in [-0.39, 0.29) is 16.9 Å². The van der Waals surface area contributed by atoms with E-state index in [9.17, 15) is 4.39 Å². The predicted octanol–water partition coefficient (Wildman–Crippen LogP) is 5.56. The average molecular weight is 371 g/mol. The maximum absolute atomic E-state index is 13.4. The van der Waals surface area contributed by atoms with E-state index >= 15 is 0 Å². The Morgan fingerprint density at radius 1 is 1.19 bits per heavy atom. The van der Waals surface area contributed by atoms with Gasteiger partial charge < -0.3 is 5.32 Å². The Morgan fingerprint density at radius 2 is 1.90 bits per heavy atom. The lowest BCUT2D eigenvalue weighted by Crippen LogP contribution is -2.23. The van der Waals surface area contributed by atoms with Gasteiger partial charge in [-0.15, -0.1) is 0 Å². The summed E-state index contributed by atoms with van der Waals surface area (Å²) in [6, 6.07) is 9.17. The lowest BCUT2D eigenvalue weighted by Gasteiger charge is -2.22. The number of hydrogen-bond donors (Lipinski definition) is 1. The van der Waals surface area contributed by atoms with Gasteiger partial charge in [0.15, 0.2) is 0 Å². The molecule has 0 aliphatic heterocycles. The van der Waals surface area contributed by atoms with E-state index in [1.54, 1.807) is 12.1 Å². The topological polar surface area (TPSA) is 12.0 Å². The van der Waals surface area contributed by atoms with Crippen molar-refractivity contribution in [3.05, 3.63) is 67.9 Å². The molecule has 2 aromatic rings. The second-order valence-corrected chi connectivity index (χ2v) is 6.38. The largest absolute Gasteiger partial charge is 0.307 e. The molecule has 1 N–H and O–H groups in total. The van der Waals surface area contributed by atoms with E-state index in [0.717, 1.165) is 16.6 Å². The molecule has 0 aromatic heterocycles. The van der Waals surface area contributed by atoms with Crippen molar-refractivity contribution in [3.8, 4) is 0 Å². The molecule has 1 nitrogen and oxygen atoms in total. The Labute approximate surface area is 138 Å². The van der Waals surface area contributed by atoms with E-state index < -0.39 is 0 Å². The van der Waals surface area contributed by atoms with E-state index in [1.807, 2.05) is 0 Å². The minimum absolute atomic E-state index is 0.0000926. The second-order valence-electron chi connectivity index (χ2n) is 5.12. The molecule has 0 saturated carbocycles. The first kappa shape index (κ1) is 16.5. The Kier molecular flexibility index (Phi) is 5.42. The van der Waals surface area contributed by atoms with Gasteiger partial charge in [-0.3, -0.25) is 0 Å². The first-order valence-corrected chi connectivity index (χ1v) is 8.06. The quantitative estimate of drug-likeness (QED) is 0.743. The standard InChI is InChI=1S/C17H18BrClFN/c1-4-21-17(12-5-6-16(20)15(19)9-12)13-7-11(3)14(18)8-10(13)2/h5-9,17,21H,4H2,1-3H3. The van der Waals surface area contributed by atoms with Crippen LogP contribution in [-0.4, -0.2) is 6.54 Å². The monoisotopic (exact) mass is 369 g/mol. The fourth-order valence-electron chi connectivity index (χ4n) is 2.42. The highest BCUT2D eigenvalue weighted by molar-refractivity contribution is 9.10. The molecule has 0 spiro atoms. The number of nitrogens with one attached hydrogen (secondary N) is 1. The normalized spacial score (nSPS) is 12.5. The molecule has 0 radical (unpaired) electrons. The van der Waals surface area contributed by atoms with Crippen LogP contribution in [0, 0.1) is 19.7 Å². The van der Waals surface area contributed by atoms with Gasteiger partial charge in [0, 0.05) is 4.47 Å². The van der Waals surface area contributed by atoms with Crippen LogP contribution < -0.4 is 5.32 Å². The third kappa shape index (κ3) is 3.65. The van der Waals surface area contributed by atoms with Crippen LogP contribution in [0.15, 0.2) is 34.8 Å². The maximum atomic E-state index is 13.4. The second kappa shape index (κ2) is 6.91. The molecule has 0 bridgehead atoms. The number of aryl methyl sites for hydroxylation is 2.